The molecule has 1 aromatic heterocycles. The number of guanidine groups is 1. The van der Waals surface area contributed by atoms with Gasteiger partial charge in [-0.1, -0.05) is 13.3 Å². The third kappa shape index (κ3) is 4.53. The van der Waals surface area contributed by atoms with Crippen LogP contribution in [0.25, 0.3) is 0 Å². The van der Waals surface area contributed by atoms with Crippen LogP contribution in [-0.4, -0.2) is 49.0 Å². The zero-order valence-corrected chi connectivity index (χ0v) is 14.4. The molecule has 0 aliphatic heterocycles. The van der Waals surface area contributed by atoms with E-state index in [4.69, 9.17) is 0 Å². The SMILES string of the molecule is CCS(=O)C1CCCC(NC(=NC)NCc2ncnn2C)C1. The first-order valence-electron chi connectivity index (χ1n) is 7.81. The van der Waals surface area contributed by atoms with Crippen LogP contribution in [0, 0.1) is 0 Å². The molecular formula is C14H26N6OS. The highest BCUT2D eigenvalue weighted by Gasteiger charge is 2.26. The van der Waals surface area contributed by atoms with E-state index < -0.39 is 10.8 Å². The first-order valence-corrected chi connectivity index (χ1v) is 9.19. The summed E-state index contributed by atoms with van der Waals surface area (Å²) in [6.45, 7) is 2.57. The molecule has 0 saturated heterocycles. The standard InChI is InChI=1S/C14H26N6OS/c1-4-22(21)12-7-5-6-11(8-12)19-14(15-2)16-9-13-17-10-18-20(13)3/h10-12H,4-9H2,1-3H3,(H2,15,16,19). The summed E-state index contributed by atoms with van der Waals surface area (Å²) >= 11 is 0. The van der Waals surface area contributed by atoms with Gasteiger partial charge < -0.3 is 10.6 Å². The van der Waals surface area contributed by atoms with Gasteiger partial charge in [0.1, 0.15) is 12.2 Å². The molecule has 7 nitrogen and oxygen atoms in total. The van der Waals surface area contributed by atoms with Crippen LogP contribution in [0.2, 0.25) is 0 Å². The van der Waals surface area contributed by atoms with E-state index in [-0.39, 0.29) is 0 Å². The van der Waals surface area contributed by atoms with Gasteiger partial charge in [0.25, 0.3) is 0 Å². The molecule has 2 N–H and O–H groups in total. The second-order valence-corrected chi connectivity index (χ2v) is 7.53. The lowest BCUT2D eigenvalue weighted by Crippen LogP contribution is -2.46. The number of aryl methyl sites for hydroxylation is 1. The molecule has 0 bridgehead atoms. The first kappa shape index (κ1) is 16.9. The Bertz CT molecular complexity index is 529. The maximum absolute atomic E-state index is 12.0. The maximum atomic E-state index is 12.0. The highest BCUT2D eigenvalue weighted by molar-refractivity contribution is 7.85. The molecule has 2 rings (SSSR count). The number of hydrogen-bond acceptors (Lipinski definition) is 4. The molecule has 22 heavy (non-hydrogen) atoms. The monoisotopic (exact) mass is 326 g/mol. The highest BCUT2D eigenvalue weighted by atomic mass is 32.2. The quantitative estimate of drug-likeness (QED) is 0.610. The number of nitrogens with one attached hydrogen (secondary N) is 2. The Morgan fingerprint density at radius 2 is 2.36 bits per heavy atom. The van der Waals surface area contributed by atoms with E-state index in [9.17, 15) is 4.21 Å². The fourth-order valence-electron chi connectivity index (χ4n) is 2.78. The van der Waals surface area contributed by atoms with Gasteiger partial charge in [-0.3, -0.25) is 13.9 Å². The summed E-state index contributed by atoms with van der Waals surface area (Å²) in [5.41, 5.74) is 0. The average molecular weight is 326 g/mol. The van der Waals surface area contributed by atoms with Crippen molar-refractivity contribution in [1.29, 1.82) is 0 Å². The van der Waals surface area contributed by atoms with E-state index in [0.717, 1.165) is 43.2 Å². The summed E-state index contributed by atoms with van der Waals surface area (Å²) in [7, 11) is 2.92. The van der Waals surface area contributed by atoms with E-state index in [0.29, 0.717) is 17.8 Å². The number of hydrogen-bond donors (Lipinski definition) is 2. The van der Waals surface area contributed by atoms with Crippen molar-refractivity contribution in [3.63, 3.8) is 0 Å². The highest BCUT2D eigenvalue weighted by Crippen LogP contribution is 2.22. The van der Waals surface area contributed by atoms with Crippen LogP contribution < -0.4 is 10.6 Å². The Hall–Kier alpha value is -1.44. The molecule has 8 heteroatoms. The van der Waals surface area contributed by atoms with Gasteiger partial charge >= 0.3 is 0 Å². The Morgan fingerprint density at radius 1 is 1.55 bits per heavy atom. The molecule has 1 aliphatic carbocycles. The molecule has 1 aliphatic rings. The molecular weight excluding hydrogens is 300 g/mol. The van der Waals surface area contributed by atoms with Crippen molar-refractivity contribution in [2.75, 3.05) is 12.8 Å². The van der Waals surface area contributed by atoms with Crippen molar-refractivity contribution in [2.45, 2.75) is 50.4 Å². The maximum Gasteiger partial charge on any atom is 0.191 e. The van der Waals surface area contributed by atoms with Crippen LogP contribution in [0.15, 0.2) is 11.3 Å². The van der Waals surface area contributed by atoms with E-state index in [1.54, 1.807) is 18.1 Å². The summed E-state index contributed by atoms with van der Waals surface area (Å²) < 4.78 is 13.7. The van der Waals surface area contributed by atoms with Crippen molar-refractivity contribution < 1.29 is 4.21 Å². The third-order valence-electron chi connectivity index (χ3n) is 4.07. The Labute approximate surface area is 134 Å². The molecule has 3 unspecified atom stereocenters. The van der Waals surface area contributed by atoms with Crippen LogP contribution in [0.1, 0.15) is 38.4 Å². The summed E-state index contributed by atoms with van der Waals surface area (Å²) in [4.78, 5) is 8.44. The molecule has 1 fully saturated rings. The lowest BCUT2D eigenvalue weighted by molar-refractivity contribution is 0.413. The third-order valence-corrected chi connectivity index (χ3v) is 5.81. The number of nitrogens with zero attached hydrogens (tertiary/aromatic N) is 4. The lowest BCUT2D eigenvalue weighted by atomic mass is 9.95. The Balaban J connectivity index is 1.85. The van der Waals surface area contributed by atoms with E-state index >= 15 is 0 Å². The van der Waals surface area contributed by atoms with Gasteiger partial charge in [-0.2, -0.15) is 5.10 Å². The summed E-state index contributed by atoms with van der Waals surface area (Å²) in [5.74, 6) is 2.36. The van der Waals surface area contributed by atoms with Crippen LogP contribution in [0.3, 0.4) is 0 Å². The molecule has 3 atom stereocenters. The van der Waals surface area contributed by atoms with Gasteiger partial charge in [-0.15, -0.1) is 0 Å². The van der Waals surface area contributed by atoms with Gasteiger partial charge in [0.15, 0.2) is 5.96 Å². The molecule has 0 spiro atoms. The molecule has 0 amide bonds. The average Bonchev–Trinajstić information content (AvgIpc) is 2.96. The number of aromatic nitrogens is 3. The largest absolute Gasteiger partial charge is 0.354 e. The molecule has 124 valence electrons. The molecule has 1 heterocycles. The summed E-state index contributed by atoms with van der Waals surface area (Å²) in [6, 6.07) is 0.333. The lowest BCUT2D eigenvalue weighted by Gasteiger charge is -2.30. The van der Waals surface area contributed by atoms with E-state index in [1.807, 2.05) is 14.0 Å². The van der Waals surface area contributed by atoms with Crippen molar-refractivity contribution >= 4 is 16.8 Å². The minimum absolute atomic E-state index is 0.313. The second-order valence-electron chi connectivity index (χ2n) is 5.52. The minimum atomic E-state index is -0.704. The van der Waals surface area contributed by atoms with Gasteiger partial charge in [-0.05, 0) is 19.3 Å². The topological polar surface area (TPSA) is 84.2 Å². The molecule has 1 saturated carbocycles. The van der Waals surface area contributed by atoms with Crippen molar-refractivity contribution in [3.05, 3.63) is 12.2 Å². The summed E-state index contributed by atoms with van der Waals surface area (Å²) in [6.07, 6.45) is 5.78. The summed E-state index contributed by atoms with van der Waals surface area (Å²) in [5, 5.41) is 11.1. The van der Waals surface area contributed by atoms with E-state index in [1.165, 1.54) is 0 Å². The van der Waals surface area contributed by atoms with Crippen LogP contribution in [0.5, 0.6) is 0 Å². The molecule has 1 aromatic rings. The molecule has 0 aromatic carbocycles. The van der Waals surface area contributed by atoms with E-state index in [2.05, 4.69) is 25.7 Å². The van der Waals surface area contributed by atoms with Gasteiger partial charge in [0.05, 0.1) is 6.54 Å². The fraction of sp³-hybridized carbons (Fsp3) is 0.786. The van der Waals surface area contributed by atoms with Crippen molar-refractivity contribution in [1.82, 2.24) is 25.4 Å². The van der Waals surface area contributed by atoms with Gasteiger partial charge in [0, 0.05) is 41.9 Å². The predicted octanol–water partition coefficient (Wildman–Crippen LogP) is 0.560. The van der Waals surface area contributed by atoms with Crippen molar-refractivity contribution in [3.8, 4) is 0 Å². The Kier molecular flexibility index (Phi) is 6.35. The van der Waals surface area contributed by atoms with Gasteiger partial charge in [-0.25, -0.2) is 4.98 Å². The predicted molar refractivity (Wildman–Crippen MR) is 89.1 cm³/mol. The van der Waals surface area contributed by atoms with Crippen LogP contribution >= 0.6 is 0 Å². The number of rotatable bonds is 5. The second kappa shape index (κ2) is 8.26. The van der Waals surface area contributed by atoms with Crippen LogP contribution in [-0.2, 0) is 24.4 Å². The Morgan fingerprint density at radius 3 is 3.00 bits per heavy atom. The zero-order valence-electron chi connectivity index (χ0n) is 13.6. The smallest absolute Gasteiger partial charge is 0.191 e. The minimum Gasteiger partial charge on any atom is -0.354 e. The molecule has 0 radical (unpaired) electrons. The fourth-order valence-corrected chi connectivity index (χ4v) is 4.13. The van der Waals surface area contributed by atoms with Gasteiger partial charge in [0.2, 0.25) is 0 Å². The first-order chi connectivity index (χ1) is 10.6. The zero-order chi connectivity index (χ0) is 15.9. The van der Waals surface area contributed by atoms with Crippen LogP contribution in [0.4, 0.5) is 0 Å². The van der Waals surface area contributed by atoms with Crippen molar-refractivity contribution in [2.24, 2.45) is 12.0 Å². The number of aliphatic imine (C=N–C) groups is 1. The normalized spacial score (nSPS) is 24.0.